The molecule has 1 aliphatic rings. The first-order chi connectivity index (χ1) is 10.6. The number of hydrogen-bond donors (Lipinski definition) is 1. The van der Waals surface area contributed by atoms with E-state index < -0.39 is 0 Å². The van der Waals surface area contributed by atoms with Crippen molar-refractivity contribution < 1.29 is 14.2 Å². The van der Waals surface area contributed by atoms with Gasteiger partial charge in [-0.3, -0.25) is 0 Å². The van der Waals surface area contributed by atoms with Crippen molar-refractivity contribution in [1.82, 2.24) is 4.90 Å². The summed E-state index contributed by atoms with van der Waals surface area (Å²) in [5.41, 5.74) is 0.831. The number of likely N-dealkylation sites (tertiary alicyclic amines) is 1. The van der Waals surface area contributed by atoms with Crippen LogP contribution in [0.5, 0.6) is 17.2 Å². The predicted octanol–water partition coefficient (Wildman–Crippen LogP) is 3.14. The molecule has 0 spiro atoms. The average Bonchev–Trinajstić information content (AvgIpc) is 2.53. The molecule has 1 saturated heterocycles. The molecule has 1 aliphatic heterocycles. The Morgan fingerprint density at radius 3 is 2.32 bits per heavy atom. The predicted molar refractivity (Wildman–Crippen MR) is 92.3 cm³/mol. The molecule has 1 aromatic carbocycles. The maximum absolute atomic E-state index is 5.53. The Kier molecular flexibility index (Phi) is 5.71. The maximum Gasteiger partial charge on any atom is 0.203 e. The fourth-order valence-electron chi connectivity index (χ4n) is 2.73. The van der Waals surface area contributed by atoms with Gasteiger partial charge in [-0.2, -0.15) is 0 Å². The van der Waals surface area contributed by atoms with Crippen LogP contribution in [0.3, 0.4) is 0 Å². The molecule has 1 N–H and O–H groups in total. The number of hydrogen-bond acceptors (Lipinski definition) is 4. The molecule has 5 nitrogen and oxygen atoms in total. The number of nitrogens with one attached hydrogen (secondary N) is 1. The van der Waals surface area contributed by atoms with Gasteiger partial charge in [0.15, 0.2) is 16.6 Å². The number of anilines is 1. The summed E-state index contributed by atoms with van der Waals surface area (Å²) >= 11 is 5.53. The van der Waals surface area contributed by atoms with Gasteiger partial charge in [0.1, 0.15) is 0 Å². The molecule has 6 heteroatoms. The molecule has 2 rings (SSSR count). The van der Waals surface area contributed by atoms with Crippen LogP contribution in [-0.4, -0.2) is 44.4 Å². The van der Waals surface area contributed by atoms with Gasteiger partial charge in [-0.25, -0.2) is 0 Å². The second kappa shape index (κ2) is 7.54. The highest BCUT2D eigenvalue weighted by Gasteiger charge is 2.20. The highest BCUT2D eigenvalue weighted by molar-refractivity contribution is 7.80. The summed E-state index contributed by atoms with van der Waals surface area (Å²) in [5.74, 6) is 2.47. The number of nitrogens with zero attached hydrogens (tertiary/aromatic N) is 1. The third-order valence-electron chi connectivity index (χ3n) is 3.86. The third-order valence-corrected chi connectivity index (χ3v) is 4.22. The van der Waals surface area contributed by atoms with Gasteiger partial charge in [0, 0.05) is 30.9 Å². The molecular weight excluding hydrogens is 300 g/mol. The summed E-state index contributed by atoms with van der Waals surface area (Å²) in [6.07, 6.45) is 2.45. The number of piperidine rings is 1. The minimum Gasteiger partial charge on any atom is -0.493 e. The summed E-state index contributed by atoms with van der Waals surface area (Å²) in [7, 11) is 4.80. The summed E-state index contributed by atoms with van der Waals surface area (Å²) in [4.78, 5) is 2.21. The summed E-state index contributed by atoms with van der Waals surface area (Å²) < 4.78 is 16.1. The Morgan fingerprint density at radius 2 is 1.82 bits per heavy atom. The zero-order chi connectivity index (χ0) is 16.1. The molecule has 0 saturated carbocycles. The molecule has 0 aliphatic carbocycles. The molecule has 0 radical (unpaired) electrons. The van der Waals surface area contributed by atoms with Crippen LogP contribution < -0.4 is 19.5 Å². The smallest absolute Gasteiger partial charge is 0.203 e. The number of methoxy groups -OCH3 is 3. The van der Waals surface area contributed by atoms with E-state index in [0.29, 0.717) is 23.2 Å². The molecule has 122 valence electrons. The molecule has 0 amide bonds. The van der Waals surface area contributed by atoms with Gasteiger partial charge in [-0.05, 0) is 31.0 Å². The van der Waals surface area contributed by atoms with Gasteiger partial charge in [-0.1, -0.05) is 6.92 Å². The van der Waals surface area contributed by atoms with E-state index in [1.54, 1.807) is 21.3 Å². The second-order valence-electron chi connectivity index (χ2n) is 5.54. The molecule has 0 bridgehead atoms. The molecule has 0 unspecified atom stereocenters. The Bertz CT molecular complexity index is 511. The largest absolute Gasteiger partial charge is 0.493 e. The third kappa shape index (κ3) is 3.74. The SMILES string of the molecule is COc1cc(NC(=S)N2CCC[C@H](C)C2)cc(OC)c1OC. The first-order valence-corrected chi connectivity index (χ1v) is 7.85. The van der Waals surface area contributed by atoms with Crippen molar-refractivity contribution >= 4 is 23.0 Å². The van der Waals surface area contributed by atoms with Crippen molar-refractivity contribution in [3.63, 3.8) is 0 Å². The van der Waals surface area contributed by atoms with Crippen LogP contribution >= 0.6 is 12.2 Å². The van der Waals surface area contributed by atoms with Crippen LogP contribution in [0.2, 0.25) is 0 Å². The van der Waals surface area contributed by atoms with Gasteiger partial charge >= 0.3 is 0 Å². The van der Waals surface area contributed by atoms with E-state index in [1.807, 2.05) is 12.1 Å². The monoisotopic (exact) mass is 324 g/mol. The minimum absolute atomic E-state index is 0.577. The molecule has 1 heterocycles. The lowest BCUT2D eigenvalue weighted by Crippen LogP contribution is -2.41. The fourth-order valence-corrected chi connectivity index (χ4v) is 3.01. The number of ether oxygens (including phenoxy) is 3. The standard InChI is InChI=1S/C16H24N2O3S/c1-11-6-5-7-18(10-11)16(22)17-12-8-13(19-2)15(21-4)14(9-12)20-3/h8-9,11H,5-7,10H2,1-4H3,(H,17,22)/t11-/m0/s1. The summed E-state index contributed by atoms with van der Waals surface area (Å²) in [5, 5.41) is 4.01. The van der Waals surface area contributed by atoms with Gasteiger partial charge in [-0.15, -0.1) is 0 Å². The summed E-state index contributed by atoms with van der Waals surface area (Å²) in [6, 6.07) is 3.72. The van der Waals surface area contributed by atoms with Gasteiger partial charge in [0.25, 0.3) is 0 Å². The van der Waals surface area contributed by atoms with Crippen LogP contribution in [-0.2, 0) is 0 Å². The zero-order valence-electron chi connectivity index (χ0n) is 13.6. The Morgan fingerprint density at radius 1 is 1.18 bits per heavy atom. The number of rotatable bonds is 4. The van der Waals surface area contributed by atoms with E-state index in [4.69, 9.17) is 26.4 Å². The van der Waals surface area contributed by atoms with E-state index in [2.05, 4.69) is 17.1 Å². The van der Waals surface area contributed by atoms with E-state index in [9.17, 15) is 0 Å². The van der Waals surface area contributed by atoms with Crippen LogP contribution in [0.15, 0.2) is 12.1 Å². The van der Waals surface area contributed by atoms with Crippen molar-refractivity contribution in [3.8, 4) is 17.2 Å². The van der Waals surface area contributed by atoms with Crippen LogP contribution in [0.25, 0.3) is 0 Å². The van der Waals surface area contributed by atoms with Crippen LogP contribution in [0, 0.1) is 5.92 Å². The molecular formula is C16H24N2O3S. The Hall–Kier alpha value is -1.69. The second-order valence-corrected chi connectivity index (χ2v) is 5.92. The lowest BCUT2D eigenvalue weighted by molar-refractivity contribution is 0.276. The van der Waals surface area contributed by atoms with Crippen molar-refractivity contribution in [3.05, 3.63) is 12.1 Å². The molecule has 1 aromatic rings. The average molecular weight is 324 g/mol. The Labute approximate surface area is 137 Å². The van der Waals surface area contributed by atoms with E-state index in [1.165, 1.54) is 12.8 Å². The van der Waals surface area contributed by atoms with Gasteiger partial charge < -0.3 is 24.4 Å². The van der Waals surface area contributed by atoms with E-state index in [-0.39, 0.29) is 0 Å². The van der Waals surface area contributed by atoms with Crippen molar-refractivity contribution in [2.75, 3.05) is 39.7 Å². The molecule has 0 aromatic heterocycles. The number of thiocarbonyl (C=S) groups is 1. The lowest BCUT2D eigenvalue weighted by atomic mass is 10.0. The number of benzene rings is 1. The normalized spacial score (nSPS) is 17.8. The van der Waals surface area contributed by atoms with Crippen molar-refractivity contribution in [2.45, 2.75) is 19.8 Å². The maximum atomic E-state index is 5.53. The van der Waals surface area contributed by atoms with E-state index in [0.717, 1.165) is 23.9 Å². The highest BCUT2D eigenvalue weighted by atomic mass is 32.1. The first kappa shape index (κ1) is 16.7. The lowest BCUT2D eigenvalue weighted by Gasteiger charge is -2.33. The van der Waals surface area contributed by atoms with Gasteiger partial charge in [0.05, 0.1) is 21.3 Å². The topological polar surface area (TPSA) is 43.0 Å². The van der Waals surface area contributed by atoms with E-state index >= 15 is 0 Å². The highest BCUT2D eigenvalue weighted by Crippen LogP contribution is 2.40. The molecule has 22 heavy (non-hydrogen) atoms. The Balaban J connectivity index is 2.16. The summed E-state index contributed by atoms with van der Waals surface area (Å²) in [6.45, 7) is 4.26. The van der Waals surface area contributed by atoms with Crippen LogP contribution in [0.1, 0.15) is 19.8 Å². The van der Waals surface area contributed by atoms with Gasteiger partial charge in [0.2, 0.25) is 5.75 Å². The van der Waals surface area contributed by atoms with Crippen LogP contribution in [0.4, 0.5) is 5.69 Å². The quantitative estimate of drug-likeness (QED) is 0.858. The molecule has 1 fully saturated rings. The van der Waals surface area contributed by atoms with Crippen molar-refractivity contribution in [1.29, 1.82) is 0 Å². The fraction of sp³-hybridized carbons (Fsp3) is 0.562. The first-order valence-electron chi connectivity index (χ1n) is 7.45. The van der Waals surface area contributed by atoms with Crippen molar-refractivity contribution in [2.24, 2.45) is 5.92 Å². The zero-order valence-corrected chi connectivity index (χ0v) is 14.5. The molecule has 1 atom stereocenters. The minimum atomic E-state index is 0.577.